The Bertz CT molecular complexity index is 1090. The topological polar surface area (TPSA) is 50.8 Å². The van der Waals surface area contributed by atoms with Crippen LogP contribution >= 0.6 is 0 Å². The van der Waals surface area contributed by atoms with Gasteiger partial charge in [0.2, 0.25) is 0 Å². The molecule has 0 radical (unpaired) electrons. The van der Waals surface area contributed by atoms with Crippen molar-refractivity contribution < 1.29 is 4.42 Å². The molecule has 3 aromatic heterocycles. The standard InChI is InChI=1S/C22H21N3O2/c1-17-7-5-11-25-21(26)13-19(23-22(17)25)15-24(16-20-10-6-12-27-20)14-18-8-3-2-4-9-18/h2-13H,14-16H2,1H3. The van der Waals surface area contributed by atoms with Crippen LogP contribution in [0.25, 0.3) is 5.65 Å². The number of rotatable bonds is 6. The summed E-state index contributed by atoms with van der Waals surface area (Å²) in [5.41, 5.74) is 3.60. The quantitative estimate of drug-likeness (QED) is 0.525. The smallest absolute Gasteiger partial charge is 0.258 e. The van der Waals surface area contributed by atoms with E-state index in [9.17, 15) is 4.79 Å². The van der Waals surface area contributed by atoms with Gasteiger partial charge in [0, 0.05) is 25.4 Å². The molecule has 27 heavy (non-hydrogen) atoms. The fraction of sp³-hybridized carbons (Fsp3) is 0.182. The highest BCUT2D eigenvalue weighted by atomic mass is 16.3. The van der Waals surface area contributed by atoms with Crippen molar-refractivity contribution in [2.45, 2.75) is 26.6 Å². The highest BCUT2D eigenvalue weighted by Gasteiger charge is 2.13. The minimum Gasteiger partial charge on any atom is -0.468 e. The van der Waals surface area contributed by atoms with Gasteiger partial charge in [0.15, 0.2) is 0 Å². The number of hydrogen-bond donors (Lipinski definition) is 0. The Morgan fingerprint density at radius 2 is 1.85 bits per heavy atom. The molecule has 4 rings (SSSR count). The van der Waals surface area contributed by atoms with Crippen LogP contribution in [0, 0.1) is 6.92 Å². The van der Waals surface area contributed by atoms with E-state index in [0.717, 1.165) is 23.6 Å². The van der Waals surface area contributed by atoms with Gasteiger partial charge in [-0.05, 0) is 36.2 Å². The first-order chi connectivity index (χ1) is 13.2. The third-order valence-electron chi connectivity index (χ3n) is 4.53. The average Bonchev–Trinajstić information content (AvgIpc) is 3.16. The number of benzene rings is 1. The number of furan rings is 1. The summed E-state index contributed by atoms with van der Waals surface area (Å²) in [5.74, 6) is 0.889. The Labute approximate surface area is 157 Å². The van der Waals surface area contributed by atoms with E-state index in [0.29, 0.717) is 18.7 Å². The maximum absolute atomic E-state index is 12.5. The summed E-state index contributed by atoms with van der Waals surface area (Å²) >= 11 is 0. The third kappa shape index (κ3) is 3.99. The minimum atomic E-state index is -0.0589. The second kappa shape index (κ2) is 7.60. The summed E-state index contributed by atoms with van der Waals surface area (Å²) in [6, 6.07) is 19.6. The predicted molar refractivity (Wildman–Crippen MR) is 104 cm³/mol. The average molecular weight is 359 g/mol. The zero-order valence-corrected chi connectivity index (χ0v) is 15.2. The van der Waals surface area contributed by atoms with Gasteiger partial charge in [0.25, 0.3) is 5.56 Å². The van der Waals surface area contributed by atoms with Crippen LogP contribution in [0.1, 0.15) is 22.6 Å². The number of fused-ring (bicyclic) bond motifs is 1. The Morgan fingerprint density at radius 1 is 1.00 bits per heavy atom. The van der Waals surface area contributed by atoms with Crippen LogP contribution in [-0.4, -0.2) is 14.3 Å². The summed E-state index contributed by atoms with van der Waals surface area (Å²) in [6.45, 7) is 3.93. The maximum Gasteiger partial charge on any atom is 0.258 e. The van der Waals surface area contributed by atoms with Crippen LogP contribution in [0.3, 0.4) is 0 Å². The molecular weight excluding hydrogens is 338 g/mol. The van der Waals surface area contributed by atoms with Crippen molar-refractivity contribution in [2.24, 2.45) is 0 Å². The lowest BCUT2D eigenvalue weighted by atomic mass is 10.2. The lowest BCUT2D eigenvalue weighted by Crippen LogP contribution is -2.25. The molecule has 0 aliphatic rings. The highest BCUT2D eigenvalue weighted by molar-refractivity contribution is 5.46. The summed E-state index contributed by atoms with van der Waals surface area (Å²) in [6.07, 6.45) is 3.44. The van der Waals surface area contributed by atoms with Gasteiger partial charge < -0.3 is 4.42 Å². The lowest BCUT2D eigenvalue weighted by Gasteiger charge is -2.21. The van der Waals surface area contributed by atoms with Crippen LogP contribution in [0.4, 0.5) is 0 Å². The molecule has 0 aliphatic heterocycles. The van der Waals surface area contributed by atoms with E-state index in [4.69, 9.17) is 9.40 Å². The molecule has 0 aliphatic carbocycles. The van der Waals surface area contributed by atoms with Crippen LogP contribution in [-0.2, 0) is 19.6 Å². The van der Waals surface area contributed by atoms with Gasteiger partial charge in [-0.1, -0.05) is 36.4 Å². The normalized spacial score (nSPS) is 11.3. The molecule has 1 aromatic carbocycles. The first-order valence-electron chi connectivity index (χ1n) is 8.95. The fourth-order valence-corrected chi connectivity index (χ4v) is 3.25. The molecule has 5 heteroatoms. The van der Waals surface area contributed by atoms with E-state index in [2.05, 4.69) is 17.0 Å². The maximum atomic E-state index is 12.5. The van der Waals surface area contributed by atoms with Gasteiger partial charge in [0.1, 0.15) is 11.4 Å². The predicted octanol–water partition coefficient (Wildman–Crippen LogP) is 3.80. The highest BCUT2D eigenvalue weighted by Crippen LogP contribution is 2.14. The molecule has 4 aromatic rings. The van der Waals surface area contributed by atoms with Crippen LogP contribution in [0.2, 0.25) is 0 Å². The number of aryl methyl sites for hydroxylation is 1. The van der Waals surface area contributed by atoms with Crippen LogP contribution < -0.4 is 5.56 Å². The first-order valence-corrected chi connectivity index (χ1v) is 8.95. The molecule has 0 spiro atoms. The number of pyridine rings is 1. The number of nitrogens with zero attached hydrogens (tertiary/aromatic N) is 3. The molecule has 0 N–H and O–H groups in total. The van der Waals surface area contributed by atoms with Crippen molar-refractivity contribution in [3.8, 4) is 0 Å². The monoisotopic (exact) mass is 359 g/mol. The van der Waals surface area contributed by atoms with Gasteiger partial charge in [0.05, 0.1) is 18.5 Å². The first kappa shape index (κ1) is 17.2. The van der Waals surface area contributed by atoms with E-state index in [1.165, 1.54) is 5.56 Å². The third-order valence-corrected chi connectivity index (χ3v) is 4.53. The Hall–Kier alpha value is -3.18. The van der Waals surface area contributed by atoms with Gasteiger partial charge in [-0.15, -0.1) is 0 Å². The number of aromatic nitrogens is 2. The molecule has 0 amide bonds. The second-order valence-electron chi connectivity index (χ2n) is 6.68. The largest absolute Gasteiger partial charge is 0.468 e. The zero-order chi connectivity index (χ0) is 18.6. The van der Waals surface area contributed by atoms with E-state index in [1.54, 1.807) is 22.9 Å². The summed E-state index contributed by atoms with van der Waals surface area (Å²) in [5, 5.41) is 0. The molecular formula is C22H21N3O2. The lowest BCUT2D eigenvalue weighted by molar-refractivity contribution is 0.224. The second-order valence-corrected chi connectivity index (χ2v) is 6.68. The molecule has 0 atom stereocenters. The summed E-state index contributed by atoms with van der Waals surface area (Å²) in [7, 11) is 0. The molecule has 5 nitrogen and oxygen atoms in total. The van der Waals surface area contributed by atoms with E-state index in [-0.39, 0.29) is 5.56 Å². The van der Waals surface area contributed by atoms with Crippen molar-refractivity contribution in [1.29, 1.82) is 0 Å². The summed E-state index contributed by atoms with van der Waals surface area (Å²) < 4.78 is 7.11. The van der Waals surface area contributed by atoms with Crippen molar-refractivity contribution in [2.75, 3.05) is 0 Å². The molecule has 0 saturated heterocycles. The van der Waals surface area contributed by atoms with Gasteiger partial charge >= 0.3 is 0 Å². The SMILES string of the molecule is Cc1cccn2c(=O)cc(CN(Cc3ccccc3)Cc3ccco3)nc12. The molecule has 0 fully saturated rings. The van der Waals surface area contributed by atoms with Crippen molar-refractivity contribution >= 4 is 5.65 Å². The van der Waals surface area contributed by atoms with Gasteiger partial charge in [-0.25, -0.2) is 4.98 Å². The number of hydrogen-bond acceptors (Lipinski definition) is 4. The Balaban J connectivity index is 1.65. The molecule has 0 saturated carbocycles. The van der Waals surface area contributed by atoms with Crippen LogP contribution in [0.5, 0.6) is 0 Å². The molecule has 136 valence electrons. The molecule has 0 bridgehead atoms. The Kier molecular flexibility index (Phi) is 4.85. The molecule has 3 heterocycles. The fourth-order valence-electron chi connectivity index (χ4n) is 3.25. The summed E-state index contributed by atoms with van der Waals surface area (Å²) in [4.78, 5) is 19.5. The van der Waals surface area contributed by atoms with Crippen molar-refractivity contribution in [3.05, 3.63) is 106 Å². The zero-order valence-electron chi connectivity index (χ0n) is 15.2. The molecule has 0 unspecified atom stereocenters. The minimum absolute atomic E-state index is 0.0589. The van der Waals surface area contributed by atoms with E-state index >= 15 is 0 Å². The van der Waals surface area contributed by atoms with Gasteiger partial charge in [-0.2, -0.15) is 0 Å². The van der Waals surface area contributed by atoms with E-state index < -0.39 is 0 Å². The Morgan fingerprint density at radius 3 is 2.63 bits per heavy atom. The van der Waals surface area contributed by atoms with E-state index in [1.807, 2.05) is 49.4 Å². The van der Waals surface area contributed by atoms with Crippen molar-refractivity contribution in [1.82, 2.24) is 14.3 Å². The van der Waals surface area contributed by atoms with Crippen LogP contribution in [0.15, 0.2) is 82.3 Å². The van der Waals surface area contributed by atoms with Gasteiger partial charge in [-0.3, -0.25) is 14.1 Å². The van der Waals surface area contributed by atoms with Crippen molar-refractivity contribution in [3.63, 3.8) is 0 Å².